The summed E-state index contributed by atoms with van der Waals surface area (Å²) < 4.78 is 6.04. The Morgan fingerprint density at radius 2 is 1.73 bits per heavy atom. The van der Waals surface area contributed by atoms with Crippen molar-refractivity contribution in [3.8, 4) is 6.07 Å². The lowest BCUT2D eigenvalue weighted by Gasteiger charge is -2.38. The summed E-state index contributed by atoms with van der Waals surface area (Å²) in [5.74, 6) is 0.647. The second-order valence-corrected chi connectivity index (χ2v) is 8.23. The third-order valence-electron chi connectivity index (χ3n) is 5.47. The van der Waals surface area contributed by atoms with Crippen molar-refractivity contribution in [2.45, 2.75) is 12.8 Å². The Labute approximate surface area is 186 Å². The number of allylic oxidation sites excluding steroid dienone is 1. The van der Waals surface area contributed by atoms with Crippen molar-refractivity contribution in [2.75, 3.05) is 19.6 Å². The molecule has 0 fully saturated rings. The highest BCUT2D eigenvalue weighted by Gasteiger charge is 2.37. The molecular weight excluding hydrogens is 417 g/mol. The lowest BCUT2D eigenvalue weighted by atomic mass is 9.80. The largest absolute Gasteiger partial charge is 0.440 e. The van der Waals surface area contributed by atoms with Crippen LogP contribution in [0.25, 0.3) is 6.08 Å². The predicted octanol–water partition coefficient (Wildman–Crippen LogP) is 5.47. The molecule has 4 nitrogen and oxygen atoms in total. The summed E-state index contributed by atoms with van der Waals surface area (Å²) in [6.07, 6.45) is 2.09. The molecule has 0 bridgehead atoms. The van der Waals surface area contributed by atoms with Crippen LogP contribution in [0.15, 0.2) is 76.9 Å². The summed E-state index contributed by atoms with van der Waals surface area (Å²) in [7, 11) is 0. The van der Waals surface area contributed by atoms with Crippen molar-refractivity contribution < 1.29 is 4.74 Å². The Hall–Kier alpha value is -2.71. The van der Waals surface area contributed by atoms with E-state index in [1.165, 1.54) is 0 Å². The van der Waals surface area contributed by atoms with Crippen LogP contribution in [-0.2, 0) is 4.74 Å². The van der Waals surface area contributed by atoms with Crippen LogP contribution in [0.5, 0.6) is 0 Å². The Bertz CT molecular complexity index is 1090. The van der Waals surface area contributed by atoms with Gasteiger partial charge in [-0.3, -0.25) is 4.90 Å². The van der Waals surface area contributed by atoms with Gasteiger partial charge >= 0.3 is 0 Å². The first-order valence-corrected chi connectivity index (χ1v) is 10.5. The van der Waals surface area contributed by atoms with Crippen molar-refractivity contribution in [1.29, 1.82) is 5.26 Å². The quantitative estimate of drug-likeness (QED) is 0.690. The molecule has 152 valence electrons. The molecule has 30 heavy (non-hydrogen) atoms. The average Bonchev–Trinajstić information content (AvgIpc) is 2.75. The van der Waals surface area contributed by atoms with Crippen LogP contribution in [-0.4, -0.2) is 24.5 Å². The number of nitrogens with zero attached hydrogens (tertiary/aromatic N) is 2. The molecule has 2 aromatic carbocycles. The number of halogens is 2. The van der Waals surface area contributed by atoms with E-state index in [4.69, 9.17) is 33.7 Å². The third kappa shape index (κ3) is 3.97. The molecule has 0 saturated heterocycles. The third-order valence-corrected chi connectivity index (χ3v) is 5.97. The van der Waals surface area contributed by atoms with E-state index in [1.807, 2.05) is 48.5 Å². The maximum absolute atomic E-state index is 9.83. The number of likely N-dealkylation sites (N-methyl/N-ethyl adjacent to an activating group) is 1. The van der Waals surface area contributed by atoms with Crippen LogP contribution in [0.2, 0.25) is 10.0 Å². The summed E-state index contributed by atoms with van der Waals surface area (Å²) in [6, 6.07) is 17.5. The molecule has 4 rings (SSSR count). The van der Waals surface area contributed by atoms with Gasteiger partial charge in [0.25, 0.3) is 0 Å². The summed E-state index contributed by atoms with van der Waals surface area (Å²) in [6.45, 7) is 4.45. The lowest BCUT2D eigenvalue weighted by molar-refractivity contribution is 0.239. The second kappa shape index (κ2) is 8.57. The van der Waals surface area contributed by atoms with Gasteiger partial charge in [-0.05, 0) is 53.6 Å². The standard InChI is InChI=1S/C24H21Cl2N3O/c1-2-29-13-17(11-15-3-7-18(25)8-4-15)23-21(14-29)22(20(12-27)24(28)30-23)16-5-9-19(26)10-6-16/h3-11,22H,2,13-14,28H2,1H3. The van der Waals surface area contributed by atoms with Gasteiger partial charge in [0.2, 0.25) is 5.88 Å². The SMILES string of the molecule is CCN1CC(=Cc2ccc(Cl)cc2)C2=C(C1)C(c1ccc(Cl)cc1)C(C#N)=C(N)O2. The van der Waals surface area contributed by atoms with E-state index in [0.29, 0.717) is 22.2 Å². The molecule has 6 heteroatoms. The van der Waals surface area contributed by atoms with Gasteiger partial charge in [-0.2, -0.15) is 5.26 Å². The molecule has 0 spiro atoms. The predicted molar refractivity (Wildman–Crippen MR) is 121 cm³/mol. The first-order valence-electron chi connectivity index (χ1n) is 9.75. The fraction of sp³-hybridized carbons (Fsp3) is 0.208. The van der Waals surface area contributed by atoms with Crippen molar-refractivity contribution in [3.63, 3.8) is 0 Å². The average molecular weight is 438 g/mol. The van der Waals surface area contributed by atoms with E-state index in [-0.39, 0.29) is 11.8 Å². The van der Waals surface area contributed by atoms with Gasteiger partial charge in [0, 0.05) is 28.7 Å². The van der Waals surface area contributed by atoms with Gasteiger partial charge < -0.3 is 10.5 Å². The number of nitrogens with two attached hydrogens (primary N) is 1. The van der Waals surface area contributed by atoms with E-state index in [0.717, 1.165) is 41.1 Å². The van der Waals surface area contributed by atoms with Crippen LogP contribution in [0.1, 0.15) is 24.0 Å². The molecule has 0 radical (unpaired) electrons. The van der Waals surface area contributed by atoms with Crippen molar-refractivity contribution >= 4 is 29.3 Å². The van der Waals surface area contributed by atoms with Gasteiger partial charge in [0.05, 0.1) is 5.92 Å². The summed E-state index contributed by atoms with van der Waals surface area (Å²) >= 11 is 12.1. The normalized spacial score (nSPS) is 20.7. The van der Waals surface area contributed by atoms with E-state index in [9.17, 15) is 5.26 Å². The molecule has 2 aliphatic rings. The second-order valence-electron chi connectivity index (χ2n) is 7.36. The maximum atomic E-state index is 9.83. The Morgan fingerprint density at radius 1 is 1.10 bits per heavy atom. The zero-order valence-electron chi connectivity index (χ0n) is 16.5. The van der Waals surface area contributed by atoms with E-state index in [2.05, 4.69) is 24.0 Å². The van der Waals surface area contributed by atoms with Gasteiger partial charge in [-0.1, -0.05) is 54.4 Å². The van der Waals surface area contributed by atoms with Crippen molar-refractivity contribution in [3.05, 3.63) is 98.1 Å². The summed E-state index contributed by atoms with van der Waals surface area (Å²) in [5.41, 5.74) is 10.7. The molecule has 0 amide bonds. The molecule has 0 saturated carbocycles. The minimum Gasteiger partial charge on any atom is -0.440 e. The van der Waals surface area contributed by atoms with Crippen molar-refractivity contribution in [1.82, 2.24) is 4.90 Å². The van der Waals surface area contributed by atoms with Gasteiger partial charge in [0.1, 0.15) is 17.4 Å². The van der Waals surface area contributed by atoms with E-state index >= 15 is 0 Å². The number of nitriles is 1. The first-order chi connectivity index (χ1) is 14.5. The molecule has 1 atom stereocenters. The van der Waals surface area contributed by atoms with E-state index < -0.39 is 0 Å². The summed E-state index contributed by atoms with van der Waals surface area (Å²) in [5, 5.41) is 11.2. The van der Waals surface area contributed by atoms with Crippen LogP contribution in [0.4, 0.5) is 0 Å². The molecule has 2 aromatic rings. The number of ether oxygens (including phenoxy) is 1. The number of benzene rings is 2. The van der Waals surface area contributed by atoms with Crippen LogP contribution >= 0.6 is 23.2 Å². The molecule has 0 aliphatic carbocycles. The Balaban J connectivity index is 1.86. The first kappa shape index (κ1) is 20.6. The number of hydrogen-bond acceptors (Lipinski definition) is 4. The monoisotopic (exact) mass is 437 g/mol. The molecule has 0 aromatic heterocycles. The molecular formula is C24H21Cl2N3O. The fourth-order valence-electron chi connectivity index (χ4n) is 3.96. The Kier molecular flexibility index (Phi) is 5.87. The maximum Gasteiger partial charge on any atom is 0.205 e. The zero-order chi connectivity index (χ0) is 21.3. The van der Waals surface area contributed by atoms with Gasteiger partial charge in [0.15, 0.2) is 0 Å². The van der Waals surface area contributed by atoms with Crippen LogP contribution in [0, 0.1) is 11.3 Å². The summed E-state index contributed by atoms with van der Waals surface area (Å²) in [4.78, 5) is 2.32. The van der Waals surface area contributed by atoms with Gasteiger partial charge in [-0.15, -0.1) is 0 Å². The highest BCUT2D eigenvalue weighted by atomic mass is 35.5. The topological polar surface area (TPSA) is 62.3 Å². The minimum atomic E-state index is -0.265. The zero-order valence-corrected chi connectivity index (χ0v) is 18.0. The number of rotatable bonds is 3. The minimum absolute atomic E-state index is 0.156. The molecule has 2 N–H and O–H groups in total. The Morgan fingerprint density at radius 3 is 2.33 bits per heavy atom. The highest BCUT2D eigenvalue weighted by molar-refractivity contribution is 6.30. The van der Waals surface area contributed by atoms with E-state index in [1.54, 1.807) is 0 Å². The van der Waals surface area contributed by atoms with Crippen LogP contribution < -0.4 is 5.73 Å². The fourth-order valence-corrected chi connectivity index (χ4v) is 4.21. The van der Waals surface area contributed by atoms with Crippen molar-refractivity contribution in [2.24, 2.45) is 5.73 Å². The molecule has 1 unspecified atom stereocenters. The smallest absolute Gasteiger partial charge is 0.205 e. The highest BCUT2D eigenvalue weighted by Crippen LogP contribution is 2.43. The lowest BCUT2D eigenvalue weighted by Crippen LogP contribution is -2.38. The van der Waals surface area contributed by atoms with Crippen LogP contribution in [0.3, 0.4) is 0 Å². The van der Waals surface area contributed by atoms with Gasteiger partial charge in [-0.25, -0.2) is 0 Å². The molecule has 2 heterocycles. The molecule has 2 aliphatic heterocycles. The number of hydrogen-bond donors (Lipinski definition) is 1.